The molecular formula is C30H20CuN6O2. The second-order valence-corrected chi connectivity index (χ2v) is 8.04. The van der Waals surface area contributed by atoms with Crippen molar-refractivity contribution in [1.29, 1.82) is 0 Å². The first-order valence-corrected chi connectivity index (χ1v) is 11.7. The van der Waals surface area contributed by atoms with E-state index in [0.717, 1.165) is 21.5 Å². The van der Waals surface area contributed by atoms with Gasteiger partial charge in [0.1, 0.15) is 0 Å². The summed E-state index contributed by atoms with van der Waals surface area (Å²) in [6.07, 6.45) is 3.27. The SMILES string of the molecule is [Cu+2].[O-]c1ccc2ccccc2c1N=Nc1ccccn1.[O-]c1ccc2ccccc2c1N=Nc1ccccn1. The van der Waals surface area contributed by atoms with Gasteiger partial charge in [-0.25, -0.2) is 9.97 Å². The van der Waals surface area contributed by atoms with Crippen LogP contribution in [0.25, 0.3) is 21.5 Å². The van der Waals surface area contributed by atoms with Gasteiger partial charge in [0.25, 0.3) is 0 Å². The van der Waals surface area contributed by atoms with Crippen molar-refractivity contribution in [2.45, 2.75) is 0 Å². The van der Waals surface area contributed by atoms with Crippen molar-refractivity contribution in [2.75, 3.05) is 0 Å². The van der Waals surface area contributed by atoms with E-state index in [9.17, 15) is 10.2 Å². The fraction of sp³-hybridized carbons (Fsp3) is 0. The Kier molecular flexibility index (Phi) is 9.03. The minimum atomic E-state index is -0.140. The second kappa shape index (κ2) is 13.0. The second-order valence-electron chi connectivity index (χ2n) is 8.04. The molecule has 0 aliphatic rings. The molecule has 0 aliphatic carbocycles. The van der Waals surface area contributed by atoms with Gasteiger partial charge < -0.3 is 10.2 Å². The van der Waals surface area contributed by atoms with Gasteiger partial charge in [0.15, 0.2) is 11.6 Å². The predicted molar refractivity (Wildman–Crippen MR) is 144 cm³/mol. The molecule has 1 radical (unpaired) electrons. The van der Waals surface area contributed by atoms with E-state index in [1.165, 1.54) is 12.1 Å². The van der Waals surface area contributed by atoms with Crippen molar-refractivity contribution < 1.29 is 27.3 Å². The summed E-state index contributed by atoms with van der Waals surface area (Å²) >= 11 is 0. The molecule has 0 atom stereocenters. The molecule has 4 aromatic carbocycles. The number of hydrogen-bond donors (Lipinski definition) is 0. The van der Waals surface area contributed by atoms with E-state index in [-0.39, 0.29) is 28.6 Å². The van der Waals surface area contributed by atoms with Crippen LogP contribution in [0.1, 0.15) is 0 Å². The summed E-state index contributed by atoms with van der Waals surface area (Å²) in [5, 5.41) is 43.4. The zero-order valence-corrected chi connectivity index (χ0v) is 21.3. The smallest absolute Gasteiger partial charge is 0.871 e. The summed E-state index contributed by atoms with van der Waals surface area (Å²) in [4.78, 5) is 8.08. The Balaban J connectivity index is 0.000000176. The van der Waals surface area contributed by atoms with Gasteiger partial charge >= 0.3 is 17.1 Å². The molecule has 0 spiro atoms. The summed E-state index contributed by atoms with van der Waals surface area (Å²) in [6.45, 7) is 0. The summed E-state index contributed by atoms with van der Waals surface area (Å²) in [5.41, 5.74) is 0.701. The van der Waals surface area contributed by atoms with Crippen LogP contribution < -0.4 is 10.2 Å². The van der Waals surface area contributed by atoms with Crippen molar-refractivity contribution in [2.24, 2.45) is 20.5 Å². The summed E-state index contributed by atoms with van der Waals surface area (Å²) in [6, 6.07) is 32.5. The fourth-order valence-corrected chi connectivity index (χ4v) is 3.70. The van der Waals surface area contributed by atoms with Crippen LogP contribution in [0.5, 0.6) is 11.5 Å². The van der Waals surface area contributed by atoms with Crippen LogP contribution in [0.4, 0.5) is 23.0 Å². The van der Waals surface area contributed by atoms with Crippen LogP contribution in [-0.2, 0) is 17.1 Å². The Bertz CT molecular complexity index is 1610. The maximum Gasteiger partial charge on any atom is 2.00 e. The van der Waals surface area contributed by atoms with Crippen LogP contribution in [0, 0.1) is 0 Å². The van der Waals surface area contributed by atoms with Crippen molar-refractivity contribution in [1.82, 2.24) is 9.97 Å². The number of nitrogens with zero attached hydrogens (tertiary/aromatic N) is 6. The summed E-state index contributed by atoms with van der Waals surface area (Å²) < 4.78 is 0. The van der Waals surface area contributed by atoms with Crippen LogP contribution in [0.2, 0.25) is 0 Å². The van der Waals surface area contributed by atoms with E-state index < -0.39 is 0 Å². The minimum absolute atomic E-state index is 0. The summed E-state index contributed by atoms with van der Waals surface area (Å²) in [7, 11) is 0. The Morgan fingerprint density at radius 2 is 0.846 bits per heavy atom. The Labute approximate surface area is 234 Å². The summed E-state index contributed by atoms with van der Waals surface area (Å²) in [5.74, 6) is 0.682. The molecule has 39 heavy (non-hydrogen) atoms. The fourth-order valence-electron chi connectivity index (χ4n) is 3.70. The van der Waals surface area contributed by atoms with E-state index in [1.807, 2.05) is 60.7 Å². The zero-order chi connectivity index (χ0) is 26.2. The van der Waals surface area contributed by atoms with E-state index in [1.54, 1.807) is 48.8 Å². The average Bonchev–Trinajstić information content (AvgIpc) is 2.97. The van der Waals surface area contributed by atoms with Crippen molar-refractivity contribution in [3.63, 3.8) is 0 Å². The molecule has 0 unspecified atom stereocenters. The predicted octanol–water partition coefficient (Wildman–Crippen LogP) is 7.45. The molecule has 2 heterocycles. The number of hydrogen-bond acceptors (Lipinski definition) is 8. The third-order valence-electron chi connectivity index (χ3n) is 5.53. The van der Waals surface area contributed by atoms with Crippen molar-refractivity contribution in [3.05, 3.63) is 122 Å². The van der Waals surface area contributed by atoms with Crippen LogP contribution >= 0.6 is 0 Å². The molecule has 0 bridgehead atoms. The molecule has 0 amide bonds. The molecule has 193 valence electrons. The van der Waals surface area contributed by atoms with Gasteiger partial charge in [-0.3, -0.25) is 0 Å². The quantitative estimate of drug-likeness (QED) is 0.164. The maximum absolute atomic E-state index is 11.9. The molecule has 0 aliphatic heterocycles. The van der Waals surface area contributed by atoms with Crippen LogP contribution in [0.3, 0.4) is 0 Å². The number of benzene rings is 4. The molecule has 0 fully saturated rings. The standard InChI is InChI=1S/2C15H11N3O.Cu/c2*19-13-9-8-11-5-1-2-6-12(11)15(13)18-17-14-7-3-4-10-16-14;/h2*1-10,19H;/q;;+2/p-2. The van der Waals surface area contributed by atoms with Gasteiger partial charge in [0, 0.05) is 23.2 Å². The van der Waals surface area contributed by atoms with Crippen LogP contribution in [-0.4, -0.2) is 9.97 Å². The third-order valence-corrected chi connectivity index (χ3v) is 5.53. The number of aromatic nitrogens is 2. The molecular weight excluding hydrogens is 540 g/mol. The first kappa shape index (κ1) is 27.1. The first-order chi connectivity index (χ1) is 18.7. The third kappa shape index (κ3) is 6.67. The van der Waals surface area contributed by atoms with E-state index in [4.69, 9.17) is 0 Å². The van der Waals surface area contributed by atoms with Crippen LogP contribution in [0.15, 0.2) is 142 Å². The molecule has 6 rings (SSSR count). The molecule has 6 aromatic rings. The molecule has 0 saturated heterocycles. The molecule has 0 N–H and O–H groups in total. The number of pyridine rings is 2. The maximum atomic E-state index is 11.9. The number of rotatable bonds is 4. The van der Waals surface area contributed by atoms with Gasteiger partial charge in [-0.2, -0.15) is 0 Å². The largest absolute Gasteiger partial charge is 2.00 e. The molecule has 0 saturated carbocycles. The van der Waals surface area contributed by atoms with Crippen molar-refractivity contribution in [3.8, 4) is 11.5 Å². The molecule has 9 heteroatoms. The molecule has 8 nitrogen and oxygen atoms in total. The average molecular weight is 560 g/mol. The van der Waals surface area contributed by atoms with Gasteiger partial charge in [0.05, 0.1) is 11.4 Å². The van der Waals surface area contributed by atoms with Gasteiger partial charge in [0.2, 0.25) is 0 Å². The zero-order valence-electron chi connectivity index (χ0n) is 20.3. The van der Waals surface area contributed by atoms with E-state index in [2.05, 4.69) is 30.4 Å². The molecule has 2 aromatic heterocycles. The minimum Gasteiger partial charge on any atom is -0.871 e. The topological polar surface area (TPSA) is 121 Å². The Hall–Kier alpha value is -4.98. The number of azo groups is 2. The van der Waals surface area contributed by atoms with Crippen molar-refractivity contribution >= 4 is 44.6 Å². The van der Waals surface area contributed by atoms with Gasteiger partial charge in [-0.1, -0.05) is 96.4 Å². The normalized spacial score (nSPS) is 10.9. The van der Waals surface area contributed by atoms with E-state index in [0.29, 0.717) is 23.0 Å². The number of fused-ring (bicyclic) bond motifs is 2. The monoisotopic (exact) mass is 559 g/mol. The van der Waals surface area contributed by atoms with E-state index >= 15 is 0 Å². The first-order valence-electron chi connectivity index (χ1n) is 11.7. The Morgan fingerprint density at radius 3 is 1.26 bits per heavy atom. The Morgan fingerprint density at radius 1 is 0.436 bits per heavy atom. The van der Waals surface area contributed by atoms with Gasteiger partial charge in [-0.15, -0.1) is 20.5 Å². The van der Waals surface area contributed by atoms with Gasteiger partial charge in [-0.05, 0) is 35.0 Å².